The molecule has 0 N–H and O–H groups in total. The van der Waals surface area contributed by atoms with E-state index in [4.69, 9.17) is 37.1 Å². The molecule has 0 spiro atoms. The predicted molar refractivity (Wildman–Crippen MR) is 115 cm³/mol. The minimum absolute atomic E-state index is 0.0662. The third-order valence-corrected chi connectivity index (χ3v) is 4.78. The Morgan fingerprint density at radius 1 is 1.20 bits per heavy atom. The first-order valence-corrected chi connectivity index (χ1v) is 10.8. The summed E-state index contributed by atoms with van der Waals surface area (Å²) >= 11 is 10.7. The lowest BCUT2D eigenvalue weighted by Gasteiger charge is -2.24. The van der Waals surface area contributed by atoms with E-state index in [0.29, 0.717) is 24.7 Å². The molecule has 0 fully saturated rings. The Hall–Kier alpha value is -1.57. The van der Waals surface area contributed by atoms with Gasteiger partial charge < -0.3 is 18.6 Å². The van der Waals surface area contributed by atoms with Crippen LogP contribution in [0.2, 0.25) is 0 Å². The molecular weight excluding hydrogens is 435 g/mol. The molecule has 0 amide bonds. The number of cyclic esters (lactones) is 1. The number of ketones is 1. The maximum Gasteiger partial charge on any atom is 0.342 e. The van der Waals surface area contributed by atoms with E-state index in [-0.39, 0.29) is 41.7 Å². The maximum absolute atomic E-state index is 11.2. The van der Waals surface area contributed by atoms with E-state index in [2.05, 4.69) is 4.74 Å². The molecule has 1 aromatic rings. The smallest absolute Gasteiger partial charge is 0.342 e. The first-order valence-electron chi connectivity index (χ1n) is 9.87. The van der Waals surface area contributed by atoms with Crippen LogP contribution in [0.4, 0.5) is 0 Å². The fourth-order valence-electron chi connectivity index (χ4n) is 2.17. The Morgan fingerprint density at radius 3 is 2.30 bits per heavy atom. The van der Waals surface area contributed by atoms with Crippen LogP contribution in [-0.2, 0) is 23.8 Å². The van der Waals surface area contributed by atoms with E-state index in [0.717, 1.165) is 5.76 Å². The standard InChI is InChI=1S/C9H10O3.C8H14O3.C4H8Cl2O/c1-5-6(2)12-9(10)7-3-4-11-8(5)7;1-4-11-8(10)5-7(9)6(2)3;1-2-7-4(6)3-5/h3-6H,1-2H3;6H,4-5H2,1-3H3;4H,2-3H2,1H3. The van der Waals surface area contributed by atoms with Crippen LogP contribution in [0.3, 0.4) is 0 Å². The number of furan rings is 1. The third kappa shape index (κ3) is 10.5. The summed E-state index contributed by atoms with van der Waals surface area (Å²) in [5.41, 5.74) is 0.257. The van der Waals surface area contributed by atoms with Gasteiger partial charge in [-0.3, -0.25) is 9.59 Å². The van der Waals surface area contributed by atoms with Crippen LogP contribution in [0.1, 0.15) is 70.0 Å². The van der Waals surface area contributed by atoms with Crippen molar-refractivity contribution >= 4 is 40.9 Å². The molecule has 3 unspecified atom stereocenters. The van der Waals surface area contributed by atoms with E-state index in [9.17, 15) is 14.4 Å². The highest BCUT2D eigenvalue weighted by molar-refractivity contribution is 6.27. The van der Waals surface area contributed by atoms with Gasteiger partial charge in [-0.1, -0.05) is 32.4 Å². The predicted octanol–water partition coefficient (Wildman–Crippen LogP) is 4.93. The van der Waals surface area contributed by atoms with Crippen molar-refractivity contribution in [2.45, 2.75) is 65.5 Å². The van der Waals surface area contributed by atoms with Gasteiger partial charge in [-0.05, 0) is 26.8 Å². The highest BCUT2D eigenvalue weighted by Crippen LogP contribution is 2.31. The van der Waals surface area contributed by atoms with E-state index in [1.165, 1.54) is 6.26 Å². The number of Topliss-reactive ketones (excluding diaryl/α,β-unsaturated/α-hetero) is 1. The maximum atomic E-state index is 11.2. The highest BCUT2D eigenvalue weighted by Gasteiger charge is 2.32. The SMILES string of the molecule is CC1OC(=O)c2ccoc2C1C.CCOC(=O)CC(=O)C(C)C.CCOC(Cl)CCl. The van der Waals surface area contributed by atoms with E-state index >= 15 is 0 Å². The summed E-state index contributed by atoms with van der Waals surface area (Å²) < 4.78 is 19.7. The van der Waals surface area contributed by atoms with Gasteiger partial charge >= 0.3 is 11.9 Å². The molecule has 0 aliphatic carbocycles. The molecule has 1 aliphatic heterocycles. The fourth-order valence-corrected chi connectivity index (χ4v) is 2.39. The van der Waals surface area contributed by atoms with Crippen molar-refractivity contribution in [3.05, 3.63) is 23.7 Å². The molecule has 2 heterocycles. The summed E-state index contributed by atoms with van der Waals surface area (Å²) in [6.45, 7) is 11.9. The third-order valence-electron chi connectivity index (χ3n) is 4.06. The topological polar surface area (TPSA) is 92.0 Å². The molecule has 0 saturated carbocycles. The molecule has 0 radical (unpaired) electrons. The quantitative estimate of drug-likeness (QED) is 0.319. The first kappa shape index (κ1) is 28.4. The zero-order chi connectivity index (χ0) is 23.3. The van der Waals surface area contributed by atoms with Gasteiger partial charge in [-0.2, -0.15) is 0 Å². The zero-order valence-electron chi connectivity index (χ0n) is 18.4. The van der Waals surface area contributed by atoms with Gasteiger partial charge in [0.15, 0.2) is 0 Å². The Bertz CT molecular complexity index is 658. The van der Waals surface area contributed by atoms with Crippen molar-refractivity contribution < 1.29 is 33.0 Å². The number of ether oxygens (including phenoxy) is 3. The van der Waals surface area contributed by atoms with Crippen molar-refractivity contribution in [2.24, 2.45) is 5.92 Å². The van der Waals surface area contributed by atoms with E-state index in [1.807, 2.05) is 20.8 Å². The van der Waals surface area contributed by atoms with Crippen molar-refractivity contribution in [3.63, 3.8) is 0 Å². The summed E-state index contributed by atoms with van der Waals surface area (Å²) in [6.07, 6.45) is 1.35. The first-order chi connectivity index (χ1) is 14.1. The molecule has 1 aromatic heterocycles. The number of hydrogen-bond donors (Lipinski definition) is 0. The molecule has 9 heteroatoms. The van der Waals surface area contributed by atoms with Crippen LogP contribution >= 0.6 is 23.2 Å². The molecule has 0 bridgehead atoms. The number of carbonyl (C=O) groups excluding carboxylic acids is 3. The molecule has 7 nitrogen and oxygen atoms in total. The second-order valence-corrected chi connectivity index (χ2v) is 7.52. The van der Waals surface area contributed by atoms with Crippen molar-refractivity contribution in [3.8, 4) is 0 Å². The summed E-state index contributed by atoms with van der Waals surface area (Å²) in [6, 6.07) is 1.65. The number of alkyl halides is 2. The minimum Gasteiger partial charge on any atom is -0.468 e. The largest absolute Gasteiger partial charge is 0.468 e. The molecule has 1 aliphatic rings. The molecule has 30 heavy (non-hydrogen) atoms. The number of halogens is 2. The van der Waals surface area contributed by atoms with Gasteiger partial charge in [0.25, 0.3) is 0 Å². The van der Waals surface area contributed by atoms with Gasteiger partial charge in [0.2, 0.25) is 0 Å². The lowest BCUT2D eigenvalue weighted by Crippen LogP contribution is -2.27. The van der Waals surface area contributed by atoms with Crippen molar-refractivity contribution in [2.75, 3.05) is 19.1 Å². The van der Waals surface area contributed by atoms with E-state index < -0.39 is 5.97 Å². The van der Waals surface area contributed by atoms with Gasteiger partial charge in [0.1, 0.15) is 35.2 Å². The number of esters is 2. The lowest BCUT2D eigenvalue weighted by atomic mass is 9.97. The fraction of sp³-hybridized carbons (Fsp3) is 0.667. The highest BCUT2D eigenvalue weighted by atomic mass is 35.5. The van der Waals surface area contributed by atoms with Crippen molar-refractivity contribution in [1.29, 1.82) is 0 Å². The lowest BCUT2D eigenvalue weighted by molar-refractivity contribution is -0.146. The number of fused-ring (bicyclic) bond motifs is 1. The van der Waals surface area contributed by atoms with Crippen LogP contribution in [-0.4, -0.2) is 48.5 Å². The molecule has 3 atom stereocenters. The second kappa shape index (κ2) is 15.3. The van der Waals surface area contributed by atoms with Gasteiger partial charge in [-0.15, -0.1) is 11.6 Å². The van der Waals surface area contributed by atoms with Gasteiger partial charge in [-0.25, -0.2) is 4.79 Å². The molecule has 0 aromatic carbocycles. The Kier molecular flexibility index (Phi) is 14.5. The Morgan fingerprint density at radius 2 is 1.83 bits per heavy atom. The second-order valence-electron chi connectivity index (χ2n) is 6.72. The number of hydrogen-bond acceptors (Lipinski definition) is 7. The molecule has 172 valence electrons. The number of carbonyl (C=O) groups is 3. The molecule has 2 rings (SSSR count). The normalized spacial score (nSPS) is 18.1. The van der Waals surface area contributed by atoms with Crippen LogP contribution < -0.4 is 0 Å². The molecular formula is C21H32Cl2O7. The van der Waals surface area contributed by atoms with E-state index in [1.54, 1.807) is 26.8 Å². The average molecular weight is 467 g/mol. The van der Waals surface area contributed by atoms with Crippen molar-refractivity contribution in [1.82, 2.24) is 0 Å². The number of rotatable bonds is 7. The van der Waals surface area contributed by atoms with Gasteiger partial charge in [0.05, 0.1) is 24.7 Å². The summed E-state index contributed by atoms with van der Waals surface area (Å²) in [4.78, 5) is 32.9. The molecule has 0 saturated heterocycles. The Balaban J connectivity index is 0.000000438. The summed E-state index contributed by atoms with van der Waals surface area (Å²) in [5, 5.41) is 0. The average Bonchev–Trinajstić information content (AvgIpc) is 3.18. The van der Waals surface area contributed by atoms with Gasteiger partial charge in [0, 0.05) is 12.5 Å². The van der Waals surface area contributed by atoms with Crippen LogP contribution in [0.15, 0.2) is 16.7 Å². The van der Waals surface area contributed by atoms with Crippen LogP contribution in [0.25, 0.3) is 0 Å². The summed E-state index contributed by atoms with van der Waals surface area (Å²) in [5.74, 6) is 0.417. The summed E-state index contributed by atoms with van der Waals surface area (Å²) in [7, 11) is 0. The Labute approximate surface area is 188 Å². The zero-order valence-corrected chi connectivity index (χ0v) is 19.9. The van der Waals surface area contributed by atoms with Crippen LogP contribution in [0, 0.1) is 5.92 Å². The monoisotopic (exact) mass is 466 g/mol. The minimum atomic E-state index is -0.425. The van der Waals surface area contributed by atoms with Crippen LogP contribution in [0.5, 0.6) is 0 Å².